The summed E-state index contributed by atoms with van der Waals surface area (Å²) >= 11 is 1.98. The van der Waals surface area contributed by atoms with Crippen LogP contribution in [-0.2, 0) is 10.8 Å². The summed E-state index contributed by atoms with van der Waals surface area (Å²) in [5.41, 5.74) is 0. The van der Waals surface area contributed by atoms with Crippen LogP contribution in [0.2, 0.25) is 0 Å². The molecule has 0 aromatic rings. The maximum atomic E-state index is 11.3. The van der Waals surface area contributed by atoms with Crippen LogP contribution in [0.4, 0.5) is 0 Å². The van der Waals surface area contributed by atoms with Crippen molar-refractivity contribution >= 4 is 22.6 Å². The zero-order valence-electron chi connectivity index (χ0n) is 9.83. The predicted octanol–water partition coefficient (Wildman–Crippen LogP) is 2.02. The van der Waals surface area contributed by atoms with Crippen LogP contribution in [0.25, 0.3) is 0 Å². The molecular formula is C11H23NOS2. The smallest absolute Gasteiger partial charge is 0.0360 e. The van der Waals surface area contributed by atoms with Gasteiger partial charge < -0.3 is 5.32 Å². The second kappa shape index (κ2) is 7.69. The molecule has 4 heteroatoms. The van der Waals surface area contributed by atoms with Crippen molar-refractivity contribution in [3.8, 4) is 0 Å². The second-order valence-electron chi connectivity index (χ2n) is 4.05. The Kier molecular flexibility index (Phi) is 6.93. The normalized spacial score (nSPS) is 28.9. The van der Waals surface area contributed by atoms with E-state index in [-0.39, 0.29) is 0 Å². The lowest BCUT2D eigenvalue weighted by Gasteiger charge is -2.31. The van der Waals surface area contributed by atoms with Crippen molar-refractivity contribution in [3.05, 3.63) is 0 Å². The van der Waals surface area contributed by atoms with Crippen LogP contribution < -0.4 is 5.32 Å². The molecule has 3 unspecified atom stereocenters. The minimum atomic E-state index is -0.614. The van der Waals surface area contributed by atoms with Crippen molar-refractivity contribution < 1.29 is 4.21 Å². The molecule has 1 rings (SSSR count). The third-order valence-electron chi connectivity index (χ3n) is 3.06. The van der Waals surface area contributed by atoms with Crippen LogP contribution in [-0.4, -0.2) is 39.8 Å². The van der Waals surface area contributed by atoms with Crippen molar-refractivity contribution in [1.29, 1.82) is 0 Å². The van der Waals surface area contributed by atoms with Gasteiger partial charge in [-0.2, -0.15) is 11.8 Å². The van der Waals surface area contributed by atoms with E-state index in [4.69, 9.17) is 0 Å². The van der Waals surface area contributed by atoms with E-state index < -0.39 is 10.8 Å². The van der Waals surface area contributed by atoms with Crippen LogP contribution >= 0.6 is 11.8 Å². The predicted molar refractivity (Wildman–Crippen MR) is 71.1 cm³/mol. The molecule has 3 atom stereocenters. The van der Waals surface area contributed by atoms with E-state index in [0.717, 1.165) is 23.3 Å². The summed E-state index contributed by atoms with van der Waals surface area (Å²) in [5, 5.41) is 4.35. The molecule has 0 saturated heterocycles. The van der Waals surface area contributed by atoms with Gasteiger partial charge in [-0.05, 0) is 19.1 Å². The zero-order valence-corrected chi connectivity index (χ0v) is 11.5. The van der Waals surface area contributed by atoms with Gasteiger partial charge in [-0.25, -0.2) is 0 Å². The van der Waals surface area contributed by atoms with Crippen molar-refractivity contribution in [2.24, 2.45) is 0 Å². The lowest BCUT2D eigenvalue weighted by atomic mass is 9.95. The second-order valence-corrected chi connectivity index (χ2v) is 6.99. The van der Waals surface area contributed by atoms with Crippen LogP contribution in [0.15, 0.2) is 0 Å². The fraction of sp³-hybridized carbons (Fsp3) is 1.00. The fourth-order valence-electron chi connectivity index (χ4n) is 2.11. The summed E-state index contributed by atoms with van der Waals surface area (Å²) in [4.78, 5) is 0. The third kappa shape index (κ3) is 4.87. The summed E-state index contributed by atoms with van der Waals surface area (Å²) in [6.45, 7) is 2.91. The Morgan fingerprint density at radius 3 is 2.80 bits per heavy atom. The Morgan fingerprint density at radius 2 is 2.13 bits per heavy atom. The molecule has 0 bridgehead atoms. The number of nitrogens with one attached hydrogen (secondary N) is 1. The minimum Gasteiger partial charge on any atom is -0.312 e. The van der Waals surface area contributed by atoms with Gasteiger partial charge in [-0.15, -0.1) is 0 Å². The van der Waals surface area contributed by atoms with E-state index in [1.807, 2.05) is 18.7 Å². The highest BCUT2D eigenvalue weighted by atomic mass is 32.2. The molecule has 0 radical (unpaired) electrons. The average molecular weight is 249 g/mol. The average Bonchev–Trinajstić information content (AvgIpc) is 2.29. The molecule has 0 spiro atoms. The van der Waals surface area contributed by atoms with Crippen molar-refractivity contribution in [2.45, 2.75) is 43.9 Å². The maximum Gasteiger partial charge on any atom is 0.0360 e. The summed E-state index contributed by atoms with van der Waals surface area (Å²) in [7, 11) is -0.614. The van der Waals surface area contributed by atoms with Crippen molar-refractivity contribution in [1.82, 2.24) is 5.32 Å². The van der Waals surface area contributed by atoms with Gasteiger partial charge in [0.05, 0.1) is 0 Å². The largest absolute Gasteiger partial charge is 0.312 e. The van der Waals surface area contributed by atoms with Gasteiger partial charge in [0.25, 0.3) is 0 Å². The molecule has 1 fully saturated rings. The number of rotatable bonds is 6. The lowest BCUT2D eigenvalue weighted by Crippen LogP contribution is -2.42. The van der Waals surface area contributed by atoms with Gasteiger partial charge in [0.2, 0.25) is 0 Å². The Hall–Kier alpha value is 0.460. The molecule has 2 nitrogen and oxygen atoms in total. The molecule has 0 aromatic carbocycles. The van der Waals surface area contributed by atoms with E-state index >= 15 is 0 Å². The van der Waals surface area contributed by atoms with Gasteiger partial charge in [0.15, 0.2) is 0 Å². The van der Waals surface area contributed by atoms with Gasteiger partial charge in [0.1, 0.15) is 0 Å². The van der Waals surface area contributed by atoms with E-state index in [2.05, 4.69) is 11.6 Å². The first kappa shape index (κ1) is 13.5. The Bertz CT molecular complexity index is 199. The van der Waals surface area contributed by atoms with Gasteiger partial charge in [0, 0.05) is 40.1 Å². The number of hydrogen-bond acceptors (Lipinski definition) is 3. The van der Waals surface area contributed by atoms with E-state index in [0.29, 0.717) is 6.04 Å². The molecule has 15 heavy (non-hydrogen) atoms. The van der Waals surface area contributed by atoms with Crippen LogP contribution in [0, 0.1) is 0 Å². The molecule has 1 saturated carbocycles. The highest BCUT2D eigenvalue weighted by molar-refractivity contribution is 7.99. The molecule has 0 aliphatic heterocycles. The monoisotopic (exact) mass is 249 g/mol. The first-order valence-corrected chi connectivity index (χ1v) is 8.66. The molecule has 0 heterocycles. The first-order chi connectivity index (χ1) is 7.27. The molecule has 1 aliphatic carbocycles. The Labute approximate surface area is 100 Å². The van der Waals surface area contributed by atoms with Crippen molar-refractivity contribution in [2.75, 3.05) is 24.3 Å². The summed E-state index contributed by atoms with van der Waals surface area (Å²) in [6, 6.07) is 0.655. The first-order valence-electron chi connectivity index (χ1n) is 5.89. The number of thioether (sulfide) groups is 1. The van der Waals surface area contributed by atoms with Crippen LogP contribution in [0.3, 0.4) is 0 Å². The van der Waals surface area contributed by atoms with Gasteiger partial charge in [-0.3, -0.25) is 4.21 Å². The summed E-state index contributed by atoms with van der Waals surface area (Å²) < 4.78 is 11.3. The van der Waals surface area contributed by atoms with Crippen LogP contribution in [0.1, 0.15) is 32.6 Å². The molecule has 0 aromatic heterocycles. The molecule has 90 valence electrons. The molecule has 1 aliphatic rings. The van der Waals surface area contributed by atoms with Crippen molar-refractivity contribution in [3.63, 3.8) is 0 Å². The van der Waals surface area contributed by atoms with Gasteiger partial charge in [-0.1, -0.05) is 19.8 Å². The lowest BCUT2D eigenvalue weighted by molar-refractivity contribution is 0.391. The number of hydrogen-bond donors (Lipinski definition) is 1. The SMILES string of the molecule is CCS(=O)CCNC1CCCCC1SC. The van der Waals surface area contributed by atoms with E-state index in [1.165, 1.54) is 25.7 Å². The molecular weight excluding hydrogens is 226 g/mol. The Balaban J connectivity index is 2.20. The van der Waals surface area contributed by atoms with E-state index in [9.17, 15) is 4.21 Å². The molecule has 1 N–H and O–H groups in total. The third-order valence-corrected chi connectivity index (χ3v) is 5.54. The Morgan fingerprint density at radius 1 is 1.40 bits per heavy atom. The van der Waals surface area contributed by atoms with Gasteiger partial charge >= 0.3 is 0 Å². The molecule has 0 amide bonds. The van der Waals surface area contributed by atoms with E-state index in [1.54, 1.807) is 0 Å². The maximum absolute atomic E-state index is 11.3. The quantitative estimate of drug-likeness (QED) is 0.781. The van der Waals surface area contributed by atoms with Crippen LogP contribution in [0.5, 0.6) is 0 Å². The standard InChI is InChI=1S/C11H23NOS2/c1-3-15(13)9-8-12-10-6-4-5-7-11(10)14-2/h10-12H,3-9H2,1-2H3. The summed E-state index contributed by atoms with van der Waals surface area (Å²) in [6.07, 6.45) is 7.57. The zero-order chi connectivity index (χ0) is 11.1. The highest BCUT2D eigenvalue weighted by Crippen LogP contribution is 2.26. The fourth-order valence-corrected chi connectivity index (χ4v) is 3.71. The minimum absolute atomic E-state index is 0.614. The summed E-state index contributed by atoms with van der Waals surface area (Å²) in [5.74, 6) is 1.60. The highest BCUT2D eigenvalue weighted by Gasteiger charge is 2.23. The topological polar surface area (TPSA) is 29.1 Å².